The molecule has 1 aromatic rings. The van der Waals surface area contributed by atoms with Crippen LogP contribution < -0.4 is 5.32 Å². The molecule has 0 radical (unpaired) electrons. The zero-order valence-corrected chi connectivity index (χ0v) is 10.7. The molecule has 3 N–H and O–H groups in total. The molecule has 0 aromatic heterocycles. The number of carboxylic acid groups (broad SMARTS) is 1. The molecule has 0 heterocycles. The highest BCUT2D eigenvalue weighted by molar-refractivity contribution is 5.83. The minimum Gasteiger partial charge on any atom is -0.480 e. The monoisotopic (exact) mass is 265 g/mol. The summed E-state index contributed by atoms with van der Waals surface area (Å²) in [5.41, 5.74) is 1.15. The number of carbonyl (C=O) groups excluding carboxylic acids is 1. The SMILES string of the molecule is O=C(CCCc1ccccc1)N[C@@H](CCO)C(=O)O. The molecule has 5 heteroatoms. The van der Waals surface area contributed by atoms with Gasteiger partial charge in [0.05, 0.1) is 0 Å². The molecule has 1 aromatic carbocycles. The average molecular weight is 265 g/mol. The van der Waals surface area contributed by atoms with E-state index in [-0.39, 0.29) is 25.4 Å². The Balaban J connectivity index is 2.29. The minimum absolute atomic E-state index is 0.0275. The predicted molar refractivity (Wildman–Crippen MR) is 70.6 cm³/mol. The number of rotatable bonds is 8. The summed E-state index contributed by atoms with van der Waals surface area (Å²) in [5.74, 6) is -1.41. The van der Waals surface area contributed by atoms with E-state index in [1.807, 2.05) is 30.3 Å². The van der Waals surface area contributed by atoms with Crippen molar-refractivity contribution in [3.05, 3.63) is 35.9 Å². The minimum atomic E-state index is -1.12. The topological polar surface area (TPSA) is 86.6 Å². The lowest BCUT2D eigenvalue weighted by Crippen LogP contribution is -2.41. The average Bonchev–Trinajstić information content (AvgIpc) is 2.39. The summed E-state index contributed by atoms with van der Waals surface area (Å²) in [7, 11) is 0. The highest BCUT2D eigenvalue weighted by Gasteiger charge is 2.18. The number of benzene rings is 1. The first-order valence-electron chi connectivity index (χ1n) is 6.30. The van der Waals surface area contributed by atoms with E-state index in [4.69, 9.17) is 10.2 Å². The van der Waals surface area contributed by atoms with E-state index >= 15 is 0 Å². The molecule has 0 fully saturated rings. The fourth-order valence-corrected chi connectivity index (χ4v) is 1.75. The molecule has 0 saturated carbocycles. The molecule has 0 bridgehead atoms. The smallest absolute Gasteiger partial charge is 0.326 e. The third kappa shape index (κ3) is 6.01. The number of amides is 1. The van der Waals surface area contributed by atoms with E-state index in [9.17, 15) is 9.59 Å². The van der Waals surface area contributed by atoms with Gasteiger partial charge >= 0.3 is 5.97 Å². The van der Waals surface area contributed by atoms with Crippen molar-refractivity contribution in [2.75, 3.05) is 6.61 Å². The standard InChI is InChI=1S/C14H19NO4/c16-10-9-12(14(18)19)15-13(17)8-4-7-11-5-2-1-3-6-11/h1-3,5-6,12,16H,4,7-10H2,(H,15,17)(H,18,19)/t12-/m0/s1. The van der Waals surface area contributed by atoms with Gasteiger partial charge < -0.3 is 15.5 Å². The number of aliphatic hydroxyl groups is 1. The van der Waals surface area contributed by atoms with Gasteiger partial charge in [0.1, 0.15) is 6.04 Å². The van der Waals surface area contributed by atoms with Gasteiger partial charge in [-0.15, -0.1) is 0 Å². The molecule has 1 atom stereocenters. The predicted octanol–water partition coefficient (Wildman–Crippen LogP) is 0.961. The van der Waals surface area contributed by atoms with E-state index in [0.717, 1.165) is 12.0 Å². The molecule has 0 unspecified atom stereocenters. The number of nitrogens with one attached hydrogen (secondary N) is 1. The number of aliphatic carboxylic acids is 1. The van der Waals surface area contributed by atoms with Crippen LogP contribution in [0.15, 0.2) is 30.3 Å². The fraction of sp³-hybridized carbons (Fsp3) is 0.429. The third-order valence-electron chi connectivity index (χ3n) is 2.76. The van der Waals surface area contributed by atoms with Gasteiger partial charge in [0.2, 0.25) is 5.91 Å². The maximum Gasteiger partial charge on any atom is 0.326 e. The van der Waals surface area contributed by atoms with Crippen LogP contribution >= 0.6 is 0 Å². The molecule has 0 aliphatic rings. The van der Waals surface area contributed by atoms with Crippen LogP contribution in [0.5, 0.6) is 0 Å². The van der Waals surface area contributed by atoms with E-state index in [0.29, 0.717) is 6.42 Å². The zero-order chi connectivity index (χ0) is 14.1. The lowest BCUT2D eigenvalue weighted by atomic mass is 10.1. The Morgan fingerprint density at radius 2 is 1.89 bits per heavy atom. The quantitative estimate of drug-likeness (QED) is 0.653. The Labute approximate surface area is 112 Å². The lowest BCUT2D eigenvalue weighted by molar-refractivity contribution is -0.142. The van der Waals surface area contributed by atoms with Gasteiger partial charge in [-0.1, -0.05) is 30.3 Å². The first-order valence-corrected chi connectivity index (χ1v) is 6.30. The highest BCUT2D eigenvalue weighted by Crippen LogP contribution is 2.04. The first-order chi connectivity index (χ1) is 9.13. The van der Waals surface area contributed by atoms with Crippen molar-refractivity contribution in [1.29, 1.82) is 0 Å². The fourth-order valence-electron chi connectivity index (χ4n) is 1.75. The van der Waals surface area contributed by atoms with E-state index in [1.165, 1.54) is 0 Å². The van der Waals surface area contributed by atoms with Crippen LogP contribution in [0, 0.1) is 0 Å². The Morgan fingerprint density at radius 1 is 1.21 bits per heavy atom. The molecular formula is C14H19NO4. The Bertz CT molecular complexity index is 405. The normalized spacial score (nSPS) is 11.8. The molecular weight excluding hydrogens is 246 g/mol. The summed E-state index contributed by atoms with van der Waals surface area (Å²) in [6.07, 6.45) is 1.76. The maximum absolute atomic E-state index is 11.6. The Hall–Kier alpha value is -1.88. The van der Waals surface area contributed by atoms with Gasteiger partial charge in [0, 0.05) is 19.4 Å². The Kier molecular flexibility index (Phi) is 6.60. The second-order valence-corrected chi connectivity index (χ2v) is 4.31. The van der Waals surface area contributed by atoms with Crippen molar-refractivity contribution in [1.82, 2.24) is 5.32 Å². The summed E-state index contributed by atoms with van der Waals surface area (Å²) >= 11 is 0. The van der Waals surface area contributed by atoms with Gasteiger partial charge in [-0.2, -0.15) is 0 Å². The summed E-state index contributed by atoms with van der Waals surface area (Å²) < 4.78 is 0. The van der Waals surface area contributed by atoms with Crippen molar-refractivity contribution in [3.63, 3.8) is 0 Å². The molecule has 0 aliphatic heterocycles. The number of aryl methyl sites for hydroxylation is 1. The summed E-state index contributed by atoms with van der Waals surface area (Å²) in [6.45, 7) is -0.263. The van der Waals surface area contributed by atoms with Gasteiger partial charge in [-0.05, 0) is 18.4 Å². The van der Waals surface area contributed by atoms with Crippen LogP contribution in [0.2, 0.25) is 0 Å². The van der Waals surface area contributed by atoms with E-state index in [1.54, 1.807) is 0 Å². The van der Waals surface area contributed by atoms with Crippen LogP contribution in [0.1, 0.15) is 24.8 Å². The van der Waals surface area contributed by atoms with E-state index in [2.05, 4.69) is 5.32 Å². The lowest BCUT2D eigenvalue weighted by Gasteiger charge is -2.13. The van der Waals surface area contributed by atoms with Crippen molar-refractivity contribution in [2.45, 2.75) is 31.7 Å². The third-order valence-corrected chi connectivity index (χ3v) is 2.76. The van der Waals surface area contributed by atoms with E-state index < -0.39 is 12.0 Å². The molecule has 5 nitrogen and oxygen atoms in total. The van der Waals surface area contributed by atoms with Crippen LogP contribution in [-0.2, 0) is 16.0 Å². The highest BCUT2D eigenvalue weighted by atomic mass is 16.4. The number of carbonyl (C=O) groups is 2. The summed E-state index contributed by atoms with van der Waals surface area (Å²) in [4.78, 5) is 22.4. The van der Waals surface area contributed by atoms with Crippen molar-refractivity contribution < 1.29 is 19.8 Å². The van der Waals surface area contributed by atoms with Gasteiger partial charge in [-0.25, -0.2) is 4.79 Å². The molecule has 0 saturated heterocycles. The number of hydrogen-bond acceptors (Lipinski definition) is 3. The molecule has 1 rings (SSSR count). The molecule has 1 amide bonds. The largest absolute Gasteiger partial charge is 0.480 e. The van der Waals surface area contributed by atoms with Crippen molar-refractivity contribution in [3.8, 4) is 0 Å². The molecule has 104 valence electrons. The first kappa shape index (κ1) is 15.2. The van der Waals surface area contributed by atoms with Crippen LogP contribution in [0.25, 0.3) is 0 Å². The van der Waals surface area contributed by atoms with Crippen LogP contribution in [0.3, 0.4) is 0 Å². The van der Waals surface area contributed by atoms with Crippen LogP contribution in [0.4, 0.5) is 0 Å². The zero-order valence-electron chi connectivity index (χ0n) is 10.7. The number of aliphatic hydroxyl groups excluding tert-OH is 1. The molecule has 19 heavy (non-hydrogen) atoms. The Morgan fingerprint density at radius 3 is 2.47 bits per heavy atom. The summed E-state index contributed by atoms with van der Waals surface area (Å²) in [5, 5.41) is 19.9. The molecule has 0 spiro atoms. The number of hydrogen-bond donors (Lipinski definition) is 3. The van der Waals surface area contributed by atoms with Crippen LogP contribution in [-0.4, -0.2) is 34.7 Å². The van der Waals surface area contributed by atoms with Gasteiger partial charge in [0.15, 0.2) is 0 Å². The second kappa shape index (κ2) is 8.26. The maximum atomic E-state index is 11.6. The van der Waals surface area contributed by atoms with Gasteiger partial charge in [-0.3, -0.25) is 4.79 Å². The number of carboxylic acids is 1. The summed E-state index contributed by atoms with van der Waals surface area (Å²) in [6, 6.07) is 8.79. The van der Waals surface area contributed by atoms with Crippen molar-refractivity contribution in [2.24, 2.45) is 0 Å². The van der Waals surface area contributed by atoms with Crippen molar-refractivity contribution >= 4 is 11.9 Å². The molecule has 0 aliphatic carbocycles. The van der Waals surface area contributed by atoms with Gasteiger partial charge in [0.25, 0.3) is 0 Å². The second-order valence-electron chi connectivity index (χ2n) is 4.31.